The van der Waals surface area contributed by atoms with Crippen LogP contribution in [0, 0.1) is 5.92 Å². The standard InChI is InChI=1S/C16H23BrO/c1-3-5-8-13(4-2)11-15(18)12-14-9-6-7-10-16(14)17/h6-7,9-10,13H,3-5,8,11-12H2,1-2H3. The van der Waals surface area contributed by atoms with Crippen LogP contribution >= 0.6 is 15.9 Å². The van der Waals surface area contributed by atoms with Gasteiger partial charge in [0.25, 0.3) is 0 Å². The number of benzene rings is 1. The largest absolute Gasteiger partial charge is 0.299 e. The lowest BCUT2D eigenvalue weighted by atomic mass is 9.92. The molecule has 0 aromatic heterocycles. The van der Waals surface area contributed by atoms with E-state index in [2.05, 4.69) is 29.8 Å². The summed E-state index contributed by atoms with van der Waals surface area (Å²) >= 11 is 3.50. The summed E-state index contributed by atoms with van der Waals surface area (Å²) in [5, 5.41) is 0. The minimum Gasteiger partial charge on any atom is -0.299 e. The van der Waals surface area contributed by atoms with Crippen LogP contribution in [0.5, 0.6) is 0 Å². The number of hydrogen-bond acceptors (Lipinski definition) is 1. The molecule has 0 aliphatic carbocycles. The molecule has 1 nitrogen and oxygen atoms in total. The van der Waals surface area contributed by atoms with E-state index in [0.717, 1.165) is 22.9 Å². The third-order valence-corrected chi connectivity index (χ3v) is 4.18. The van der Waals surface area contributed by atoms with E-state index in [1.165, 1.54) is 19.3 Å². The molecule has 0 bridgehead atoms. The summed E-state index contributed by atoms with van der Waals surface area (Å²) in [6, 6.07) is 7.99. The van der Waals surface area contributed by atoms with Gasteiger partial charge >= 0.3 is 0 Å². The van der Waals surface area contributed by atoms with Crippen LogP contribution in [0.25, 0.3) is 0 Å². The van der Waals surface area contributed by atoms with Crippen LogP contribution in [0.3, 0.4) is 0 Å². The molecule has 18 heavy (non-hydrogen) atoms. The predicted molar refractivity (Wildman–Crippen MR) is 80.8 cm³/mol. The highest BCUT2D eigenvalue weighted by molar-refractivity contribution is 9.10. The molecule has 1 aromatic rings. The highest BCUT2D eigenvalue weighted by atomic mass is 79.9. The minimum atomic E-state index is 0.366. The molecule has 1 unspecified atom stereocenters. The molecule has 0 radical (unpaired) electrons. The molecule has 1 aromatic carbocycles. The maximum Gasteiger partial charge on any atom is 0.137 e. The highest BCUT2D eigenvalue weighted by Crippen LogP contribution is 2.21. The van der Waals surface area contributed by atoms with E-state index in [1.54, 1.807) is 0 Å². The number of halogens is 1. The first kappa shape index (κ1) is 15.4. The second-order valence-electron chi connectivity index (χ2n) is 4.93. The summed E-state index contributed by atoms with van der Waals surface area (Å²) in [6.07, 6.45) is 6.05. The number of carbonyl (C=O) groups is 1. The van der Waals surface area contributed by atoms with Gasteiger partial charge in [0.2, 0.25) is 0 Å². The van der Waals surface area contributed by atoms with Crippen LogP contribution < -0.4 is 0 Å². The summed E-state index contributed by atoms with van der Waals surface area (Å²) < 4.78 is 1.04. The zero-order chi connectivity index (χ0) is 13.4. The van der Waals surface area contributed by atoms with Crippen LogP contribution in [0.2, 0.25) is 0 Å². The molecular formula is C16H23BrO. The van der Waals surface area contributed by atoms with Gasteiger partial charge in [0, 0.05) is 17.3 Å². The molecule has 1 atom stereocenters. The Balaban J connectivity index is 2.48. The highest BCUT2D eigenvalue weighted by Gasteiger charge is 2.13. The first-order valence-electron chi connectivity index (χ1n) is 6.92. The fourth-order valence-corrected chi connectivity index (χ4v) is 2.62. The summed E-state index contributed by atoms with van der Waals surface area (Å²) in [5.41, 5.74) is 1.10. The van der Waals surface area contributed by atoms with Crippen LogP contribution in [0.4, 0.5) is 0 Å². The Hall–Kier alpha value is -0.630. The van der Waals surface area contributed by atoms with E-state index in [1.807, 2.05) is 24.3 Å². The number of unbranched alkanes of at least 4 members (excludes halogenated alkanes) is 1. The SMILES string of the molecule is CCCCC(CC)CC(=O)Cc1ccccc1Br. The van der Waals surface area contributed by atoms with Gasteiger partial charge in [-0.15, -0.1) is 0 Å². The predicted octanol–water partition coefficient (Wildman–Crippen LogP) is 5.17. The molecule has 1 rings (SSSR count). The molecule has 0 N–H and O–H groups in total. The second kappa shape index (κ2) is 8.47. The van der Waals surface area contributed by atoms with Crippen molar-refractivity contribution >= 4 is 21.7 Å². The Labute approximate surface area is 119 Å². The number of Topliss-reactive ketones (excluding diaryl/α,β-unsaturated/α-hetero) is 1. The van der Waals surface area contributed by atoms with E-state index in [4.69, 9.17) is 0 Å². The molecule has 2 heteroatoms. The van der Waals surface area contributed by atoms with Gasteiger partial charge in [-0.05, 0) is 17.5 Å². The monoisotopic (exact) mass is 310 g/mol. The normalized spacial score (nSPS) is 12.4. The van der Waals surface area contributed by atoms with Crippen LogP contribution in [-0.4, -0.2) is 5.78 Å². The number of rotatable bonds is 8. The number of carbonyl (C=O) groups excluding carboxylic acids is 1. The minimum absolute atomic E-state index is 0.366. The first-order valence-corrected chi connectivity index (χ1v) is 7.71. The smallest absolute Gasteiger partial charge is 0.137 e. The molecule has 0 saturated carbocycles. The lowest BCUT2D eigenvalue weighted by Gasteiger charge is -2.13. The van der Waals surface area contributed by atoms with Gasteiger partial charge < -0.3 is 0 Å². The molecule has 0 spiro atoms. The number of hydrogen-bond donors (Lipinski definition) is 0. The Kier molecular flexibility index (Phi) is 7.26. The summed E-state index contributed by atoms with van der Waals surface area (Å²) in [4.78, 5) is 12.1. The van der Waals surface area contributed by atoms with Crippen LogP contribution in [-0.2, 0) is 11.2 Å². The topological polar surface area (TPSA) is 17.1 Å². The van der Waals surface area contributed by atoms with Gasteiger partial charge in [0.05, 0.1) is 0 Å². The zero-order valence-electron chi connectivity index (χ0n) is 11.4. The van der Waals surface area contributed by atoms with Gasteiger partial charge in [-0.3, -0.25) is 4.79 Å². The van der Waals surface area contributed by atoms with Crippen molar-refractivity contribution in [2.45, 2.75) is 52.4 Å². The lowest BCUT2D eigenvalue weighted by molar-refractivity contribution is -0.119. The van der Waals surface area contributed by atoms with Crippen molar-refractivity contribution in [2.24, 2.45) is 5.92 Å². The molecular weight excluding hydrogens is 288 g/mol. The molecule has 0 aliphatic rings. The third kappa shape index (κ3) is 5.34. The van der Waals surface area contributed by atoms with Crippen molar-refractivity contribution in [2.75, 3.05) is 0 Å². The lowest BCUT2D eigenvalue weighted by Crippen LogP contribution is -2.10. The van der Waals surface area contributed by atoms with Gasteiger partial charge in [-0.2, -0.15) is 0 Å². The molecule has 0 saturated heterocycles. The number of ketones is 1. The molecule has 0 amide bonds. The van der Waals surface area contributed by atoms with E-state index in [9.17, 15) is 4.79 Å². The first-order chi connectivity index (χ1) is 8.67. The average molecular weight is 311 g/mol. The third-order valence-electron chi connectivity index (χ3n) is 3.41. The van der Waals surface area contributed by atoms with Gasteiger partial charge in [-0.25, -0.2) is 0 Å². The van der Waals surface area contributed by atoms with Gasteiger partial charge in [-0.1, -0.05) is 73.7 Å². The van der Waals surface area contributed by atoms with E-state index in [0.29, 0.717) is 18.1 Å². The van der Waals surface area contributed by atoms with Crippen molar-refractivity contribution < 1.29 is 4.79 Å². The Bertz CT molecular complexity index is 373. The Morgan fingerprint density at radius 3 is 2.61 bits per heavy atom. The van der Waals surface area contributed by atoms with Crippen LogP contribution in [0.1, 0.15) is 51.5 Å². The fraction of sp³-hybridized carbons (Fsp3) is 0.562. The molecule has 0 aliphatic heterocycles. The van der Waals surface area contributed by atoms with Gasteiger partial charge in [0.15, 0.2) is 0 Å². The maximum atomic E-state index is 12.1. The van der Waals surface area contributed by atoms with Crippen molar-refractivity contribution in [3.05, 3.63) is 34.3 Å². The van der Waals surface area contributed by atoms with Gasteiger partial charge in [0.1, 0.15) is 5.78 Å². The van der Waals surface area contributed by atoms with Crippen molar-refractivity contribution in [1.29, 1.82) is 0 Å². The summed E-state index contributed by atoms with van der Waals surface area (Å²) in [5.74, 6) is 0.935. The Morgan fingerprint density at radius 2 is 2.00 bits per heavy atom. The Morgan fingerprint density at radius 1 is 1.28 bits per heavy atom. The molecule has 0 fully saturated rings. The van der Waals surface area contributed by atoms with Crippen molar-refractivity contribution in [3.63, 3.8) is 0 Å². The summed E-state index contributed by atoms with van der Waals surface area (Å²) in [6.45, 7) is 4.39. The second-order valence-corrected chi connectivity index (χ2v) is 5.78. The van der Waals surface area contributed by atoms with Crippen LogP contribution in [0.15, 0.2) is 28.7 Å². The quantitative estimate of drug-likeness (QED) is 0.647. The van der Waals surface area contributed by atoms with E-state index < -0.39 is 0 Å². The fourth-order valence-electron chi connectivity index (χ4n) is 2.19. The summed E-state index contributed by atoms with van der Waals surface area (Å²) in [7, 11) is 0. The maximum absolute atomic E-state index is 12.1. The molecule has 0 heterocycles. The zero-order valence-corrected chi connectivity index (χ0v) is 13.0. The molecule has 100 valence electrons. The van der Waals surface area contributed by atoms with Crippen molar-refractivity contribution in [1.82, 2.24) is 0 Å². The van der Waals surface area contributed by atoms with E-state index >= 15 is 0 Å². The van der Waals surface area contributed by atoms with E-state index in [-0.39, 0.29) is 0 Å². The average Bonchev–Trinajstić information content (AvgIpc) is 2.37. The van der Waals surface area contributed by atoms with Crippen molar-refractivity contribution in [3.8, 4) is 0 Å².